The molecule has 2 aliphatic heterocycles. The number of amides is 2. The van der Waals surface area contributed by atoms with Crippen molar-refractivity contribution in [2.45, 2.75) is 32.2 Å². The van der Waals surface area contributed by atoms with Gasteiger partial charge in [0.15, 0.2) is 0 Å². The molecule has 23 heavy (non-hydrogen) atoms. The maximum Gasteiger partial charge on any atom is 0.228 e. The van der Waals surface area contributed by atoms with Crippen LogP contribution in [-0.4, -0.2) is 42.4 Å². The average molecular weight is 319 g/mol. The SMILES string of the molecule is Cc1ccc(N2C[C@@H](C(=O)N3CCC[C@@H]3CN)CC2=O)c(F)c1. The van der Waals surface area contributed by atoms with E-state index >= 15 is 0 Å². The van der Waals surface area contributed by atoms with Crippen LogP contribution in [0.2, 0.25) is 0 Å². The predicted molar refractivity (Wildman–Crippen MR) is 85.4 cm³/mol. The number of hydrogen-bond donors (Lipinski definition) is 1. The topological polar surface area (TPSA) is 66.6 Å². The van der Waals surface area contributed by atoms with Crippen molar-refractivity contribution in [2.24, 2.45) is 11.7 Å². The molecular formula is C17H22FN3O2. The maximum absolute atomic E-state index is 14.1. The number of benzene rings is 1. The molecule has 3 rings (SSSR count). The van der Waals surface area contributed by atoms with E-state index in [9.17, 15) is 14.0 Å². The molecule has 0 aromatic heterocycles. The molecule has 124 valence electrons. The van der Waals surface area contributed by atoms with Gasteiger partial charge in [0.25, 0.3) is 0 Å². The van der Waals surface area contributed by atoms with Crippen LogP contribution in [0.15, 0.2) is 18.2 Å². The largest absolute Gasteiger partial charge is 0.338 e. The molecule has 0 unspecified atom stereocenters. The number of nitrogens with zero attached hydrogens (tertiary/aromatic N) is 2. The van der Waals surface area contributed by atoms with Crippen molar-refractivity contribution in [2.75, 3.05) is 24.5 Å². The number of likely N-dealkylation sites (tertiary alicyclic amines) is 1. The van der Waals surface area contributed by atoms with E-state index in [2.05, 4.69) is 0 Å². The summed E-state index contributed by atoms with van der Waals surface area (Å²) in [4.78, 5) is 28.1. The smallest absolute Gasteiger partial charge is 0.228 e. The minimum atomic E-state index is -0.424. The first-order valence-corrected chi connectivity index (χ1v) is 8.08. The number of carbonyl (C=O) groups excluding carboxylic acids is 2. The van der Waals surface area contributed by atoms with E-state index in [-0.39, 0.29) is 36.5 Å². The van der Waals surface area contributed by atoms with Crippen LogP contribution in [-0.2, 0) is 9.59 Å². The molecule has 0 saturated carbocycles. The van der Waals surface area contributed by atoms with E-state index < -0.39 is 11.7 Å². The van der Waals surface area contributed by atoms with Crippen LogP contribution in [0, 0.1) is 18.7 Å². The summed E-state index contributed by atoms with van der Waals surface area (Å²) in [5.74, 6) is -1.06. The number of anilines is 1. The molecular weight excluding hydrogens is 297 g/mol. The van der Waals surface area contributed by atoms with Gasteiger partial charge in [-0.2, -0.15) is 0 Å². The summed E-state index contributed by atoms with van der Waals surface area (Å²) in [5, 5.41) is 0. The Kier molecular flexibility index (Phi) is 4.35. The highest BCUT2D eigenvalue weighted by Gasteiger charge is 2.40. The highest BCUT2D eigenvalue weighted by Crippen LogP contribution is 2.30. The molecule has 0 radical (unpaired) electrons. The fraction of sp³-hybridized carbons (Fsp3) is 0.529. The second kappa shape index (κ2) is 6.28. The zero-order chi connectivity index (χ0) is 16.6. The lowest BCUT2D eigenvalue weighted by atomic mass is 10.1. The van der Waals surface area contributed by atoms with Gasteiger partial charge in [-0.1, -0.05) is 6.07 Å². The van der Waals surface area contributed by atoms with Gasteiger partial charge in [0.05, 0.1) is 11.6 Å². The van der Waals surface area contributed by atoms with Gasteiger partial charge in [-0.25, -0.2) is 4.39 Å². The number of hydrogen-bond acceptors (Lipinski definition) is 3. The molecule has 2 amide bonds. The monoisotopic (exact) mass is 319 g/mol. The summed E-state index contributed by atoms with van der Waals surface area (Å²) in [5.41, 5.74) is 6.78. The van der Waals surface area contributed by atoms with Gasteiger partial charge < -0.3 is 15.5 Å². The minimum absolute atomic E-state index is 0.0266. The molecule has 2 atom stereocenters. The zero-order valence-electron chi connectivity index (χ0n) is 13.3. The standard InChI is InChI=1S/C17H22FN3O2/c1-11-4-5-15(14(18)7-11)21-10-12(8-16(21)22)17(23)20-6-2-3-13(20)9-19/h4-5,7,12-13H,2-3,6,8-10,19H2,1H3/t12-,13+/m0/s1. The Bertz CT molecular complexity index is 634. The van der Waals surface area contributed by atoms with Gasteiger partial charge >= 0.3 is 0 Å². The fourth-order valence-electron chi connectivity index (χ4n) is 3.54. The summed E-state index contributed by atoms with van der Waals surface area (Å²) >= 11 is 0. The quantitative estimate of drug-likeness (QED) is 0.917. The van der Waals surface area contributed by atoms with Crippen molar-refractivity contribution in [1.82, 2.24) is 4.90 Å². The summed E-state index contributed by atoms with van der Waals surface area (Å²) in [6.45, 7) is 3.18. The van der Waals surface area contributed by atoms with Gasteiger partial charge in [0.1, 0.15) is 5.82 Å². The van der Waals surface area contributed by atoms with Crippen LogP contribution >= 0.6 is 0 Å². The third-order valence-corrected chi connectivity index (χ3v) is 4.80. The Balaban J connectivity index is 1.75. The van der Waals surface area contributed by atoms with Crippen molar-refractivity contribution in [3.8, 4) is 0 Å². The minimum Gasteiger partial charge on any atom is -0.338 e. The third-order valence-electron chi connectivity index (χ3n) is 4.80. The Morgan fingerprint density at radius 1 is 1.43 bits per heavy atom. The van der Waals surface area contributed by atoms with Crippen molar-refractivity contribution in [1.29, 1.82) is 0 Å². The Hall–Kier alpha value is -1.95. The molecule has 0 aliphatic carbocycles. The molecule has 2 heterocycles. The Morgan fingerprint density at radius 2 is 2.22 bits per heavy atom. The lowest BCUT2D eigenvalue weighted by Crippen LogP contribution is -2.43. The van der Waals surface area contributed by atoms with E-state index in [1.807, 2.05) is 0 Å². The lowest BCUT2D eigenvalue weighted by Gasteiger charge is -2.26. The van der Waals surface area contributed by atoms with Crippen LogP contribution in [0.5, 0.6) is 0 Å². The highest BCUT2D eigenvalue weighted by molar-refractivity contribution is 6.00. The summed E-state index contributed by atoms with van der Waals surface area (Å²) in [6.07, 6.45) is 2.00. The highest BCUT2D eigenvalue weighted by atomic mass is 19.1. The van der Waals surface area contributed by atoms with Gasteiger partial charge in [0.2, 0.25) is 11.8 Å². The second-order valence-corrected chi connectivity index (χ2v) is 6.42. The van der Waals surface area contributed by atoms with Crippen molar-refractivity contribution in [3.05, 3.63) is 29.6 Å². The number of rotatable bonds is 3. The molecule has 0 spiro atoms. The molecule has 1 aromatic rings. The van der Waals surface area contributed by atoms with Crippen molar-refractivity contribution >= 4 is 17.5 Å². The molecule has 5 nitrogen and oxygen atoms in total. The first-order valence-electron chi connectivity index (χ1n) is 8.08. The zero-order valence-corrected chi connectivity index (χ0v) is 13.3. The number of nitrogens with two attached hydrogens (primary N) is 1. The molecule has 2 saturated heterocycles. The Morgan fingerprint density at radius 3 is 2.91 bits per heavy atom. The van der Waals surface area contributed by atoms with Crippen LogP contribution in [0.1, 0.15) is 24.8 Å². The maximum atomic E-state index is 14.1. The molecule has 2 aliphatic rings. The van der Waals surface area contributed by atoms with Crippen molar-refractivity contribution in [3.63, 3.8) is 0 Å². The molecule has 2 N–H and O–H groups in total. The number of aryl methyl sites for hydroxylation is 1. The summed E-state index contributed by atoms with van der Waals surface area (Å²) in [6, 6.07) is 4.85. The predicted octanol–water partition coefficient (Wildman–Crippen LogP) is 1.44. The van der Waals surface area contributed by atoms with Crippen LogP contribution in [0.4, 0.5) is 10.1 Å². The number of halogens is 1. The molecule has 2 fully saturated rings. The van der Waals surface area contributed by atoms with Crippen molar-refractivity contribution < 1.29 is 14.0 Å². The van der Waals surface area contributed by atoms with Crippen LogP contribution < -0.4 is 10.6 Å². The van der Waals surface area contributed by atoms with Gasteiger partial charge in [-0.15, -0.1) is 0 Å². The number of carbonyl (C=O) groups is 2. The molecule has 0 bridgehead atoms. The lowest BCUT2D eigenvalue weighted by molar-refractivity contribution is -0.136. The van der Waals surface area contributed by atoms with Crippen LogP contribution in [0.25, 0.3) is 0 Å². The molecule has 6 heteroatoms. The van der Waals surface area contributed by atoms with E-state index in [0.717, 1.165) is 18.4 Å². The van der Waals surface area contributed by atoms with Gasteiger partial charge in [-0.3, -0.25) is 9.59 Å². The van der Waals surface area contributed by atoms with E-state index in [1.54, 1.807) is 24.0 Å². The second-order valence-electron chi connectivity index (χ2n) is 6.42. The van der Waals surface area contributed by atoms with Gasteiger partial charge in [0, 0.05) is 32.1 Å². The third kappa shape index (κ3) is 2.95. The molecule has 1 aromatic carbocycles. The van der Waals surface area contributed by atoms with E-state index in [4.69, 9.17) is 5.73 Å². The van der Waals surface area contributed by atoms with Crippen LogP contribution in [0.3, 0.4) is 0 Å². The fourth-order valence-corrected chi connectivity index (χ4v) is 3.54. The van der Waals surface area contributed by atoms with E-state index in [0.29, 0.717) is 13.1 Å². The summed E-state index contributed by atoms with van der Waals surface area (Å²) in [7, 11) is 0. The van der Waals surface area contributed by atoms with E-state index in [1.165, 1.54) is 11.0 Å². The normalized spacial score (nSPS) is 24.6. The first kappa shape index (κ1) is 15.9. The first-order chi connectivity index (χ1) is 11.0. The average Bonchev–Trinajstić information content (AvgIpc) is 3.13. The van der Waals surface area contributed by atoms with Gasteiger partial charge in [-0.05, 0) is 37.5 Å². The Labute approximate surface area is 135 Å². The summed E-state index contributed by atoms with van der Waals surface area (Å²) < 4.78 is 14.1.